The van der Waals surface area contributed by atoms with E-state index in [0.717, 1.165) is 33.4 Å². The number of amides is 1. The normalized spacial score (nSPS) is 20.2. The number of alkyl halides is 3. The molecule has 2 N–H and O–H groups in total. The van der Waals surface area contributed by atoms with Crippen molar-refractivity contribution < 1.29 is 19.4 Å². The summed E-state index contributed by atoms with van der Waals surface area (Å²) in [7, 11) is 2.15. The second-order valence-electron chi connectivity index (χ2n) is 13.0. The monoisotopic (exact) mass is 730 g/mol. The van der Waals surface area contributed by atoms with E-state index in [2.05, 4.69) is 73.6 Å². The van der Waals surface area contributed by atoms with Gasteiger partial charge in [0.15, 0.2) is 6.29 Å². The molecule has 6 rings (SSSR count). The molecule has 0 saturated carbocycles. The summed E-state index contributed by atoms with van der Waals surface area (Å²) >= 11 is 17.3. The highest BCUT2D eigenvalue weighted by atomic mass is 35.6. The Bertz CT molecular complexity index is 1910. The molecule has 1 aliphatic heterocycles. The molecule has 1 heterocycles. The molecule has 1 amide bonds. The highest BCUT2D eigenvalue weighted by molar-refractivity contribution is 6.76. The Morgan fingerprint density at radius 1 is 0.860 bits per heavy atom. The molecule has 5 aromatic rings. The van der Waals surface area contributed by atoms with Gasteiger partial charge in [-0.1, -0.05) is 151 Å². The molecule has 0 aliphatic carbocycles. The first-order valence-electron chi connectivity index (χ1n) is 16.7. The molecular weight excluding hydrogens is 691 g/mol. The first-order chi connectivity index (χ1) is 24.0. The molecule has 0 bridgehead atoms. The summed E-state index contributed by atoms with van der Waals surface area (Å²) in [5.74, 6) is -0.632. The molecule has 260 valence electrons. The van der Waals surface area contributed by atoms with Crippen LogP contribution in [0.25, 0.3) is 21.9 Å². The first kappa shape index (κ1) is 36.3. The van der Waals surface area contributed by atoms with Crippen molar-refractivity contribution in [2.45, 2.75) is 55.3 Å². The van der Waals surface area contributed by atoms with E-state index >= 15 is 0 Å². The van der Waals surface area contributed by atoms with Gasteiger partial charge in [-0.3, -0.25) is 9.69 Å². The van der Waals surface area contributed by atoms with Gasteiger partial charge in [0.2, 0.25) is 0 Å². The SMILES string of the molecule is CC1C(CN(C)C(C)c2ccc3ccccc3c2)OC(c2ccc(-c3ccccc3CNC(=O)C(Cl)(Cl)Cl)cc2)OC1c1ccc(CO)cc1. The molecule has 9 heteroatoms. The molecule has 0 radical (unpaired) electrons. The molecule has 0 aromatic heterocycles. The predicted octanol–water partition coefficient (Wildman–Crippen LogP) is 9.47. The third-order valence-electron chi connectivity index (χ3n) is 9.72. The largest absolute Gasteiger partial charge is 0.392 e. The lowest BCUT2D eigenvalue weighted by Gasteiger charge is -2.43. The summed E-state index contributed by atoms with van der Waals surface area (Å²) in [5.41, 5.74) is 6.85. The number of ether oxygens (including phenoxy) is 2. The maximum absolute atomic E-state index is 12.2. The number of nitrogens with one attached hydrogen (secondary N) is 1. The maximum atomic E-state index is 12.2. The second-order valence-corrected chi connectivity index (χ2v) is 15.3. The number of likely N-dealkylation sites (N-methyl/N-ethyl adjacent to an activating group) is 1. The van der Waals surface area contributed by atoms with Crippen molar-refractivity contribution >= 4 is 51.5 Å². The van der Waals surface area contributed by atoms with E-state index in [1.165, 1.54) is 16.3 Å². The average Bonchev–Trinajstić information content (AvgIpc) is 3.14. The fourth-order valence-corrected chi connectivity index (χ4v) is 6.74. The Morgan fingerprint density at radius 2 is 1.52 bits per heavy atom. The van der Waals surface area contributed by atoms with Gasteiger partial charge >= 0.3 is 0 Å². The van der Waals surface area contributed by atoms with E-state index in [4.69, 9.17) is 44.3 Å². The van der Waals surface area contributed by atoms with Gasteiger partial charge in [0.05, 0.1) is 18.8 Å². The molecule has 5 aromatic carbocycles. The molecule has 5 atom stereocenters. The predicted molar refractivity (Wildman–Crippen MR) is 202 cm³/mol. The van der Waals surface area contributed by atoms with Crippen LogP contribution in [-0.4, -0.2) is 39.4 Å². The van der Waals surface area contributed by atoms with E-state index in [1.807, 2.05) is 72.8 Å². The summed E-state index contributed by atoms with van der Waals surface area (Å²) in [6.45, 7) is 5.31. The van der Waals surface area contributed by atoms with Crippen LogP contribution in [0.5, 0.6) is 0 Å². The molecule has 1 saturated heterocycles. The van der Waals surface area contributed by atoms with Crippen molar-refractivity contribution in [2.24, 2.45) is 5.92 Å². The number of carbonyl (C=O) groups is 1. The number of nitrogens with zero attached hydrogens (tertiary/aromatic N) is 1. The molecule has 6 nitrogen and oxygen atoms in total. The van der Waals surface area contributed by atoms with Crippen LogP contribution in [0.4, 0.5) is 0 Å². The Morgan fingerprint density at radius 3 is 2.22 bits per heavy atom. The minimum absolute atomic E-state index is 0.0120. The van der Waals surface area contributed by atoms with E-state index in [-0.39, 0.29) is 37.3 Å². The van der Waals surface area contributed by atoms with Crippen LogP contribution in [0, 0.1) is 5.92 Å². The zero-order valence-electron chi connectivity index (χ0n) is 28.2. The van der Waals surface area contributed by atoms with Crippen LogP contribution < -0.4 is 5.32 Å². The highest BCUT2D eigenvalue weighted by Gasteiger charge is 2.39. The number of hydrogen-bond donors (Lipinski definition) is 2. The van der Waals surface area contributed by atoms with Crippen LogP contribution in [0.15, 0.2) is 115 Å². The minimum Gasteiger partial charge on any atom is -0.392 e. The molecule has 1 fully saturated rings. The summed E-state index contributed by atoms with van der Waals surface area (Å²) < 4.78 is 11.5. The van der Waals surface area contributed by atoms with Crippen molar-refractivity contribution in [3.05, 3.63) is 143 Å². The summed E-state index contributed by atoms with van der Waals surface area (Å²) in [5, 5.41) is 14.8. The summed E-state index contributed by atoms with van der Waals surface area (Å²) in [6.07, 6.45) is -0.958. The van der Waals surface area contributed by atoms with E-state index in [1.54, 1.807) is 0 Å². The lowest BCUT2D eigenvalue weighted by Crippen LogP contribution is -2.44. The summed E-state index contributed by atoms with van der Waals surface area (Å²) in [6, 6.07) is 39.1. The molecular formula is C41H41Cl3N2O4. The fourth-order valence-electron chi connectivity index (χ4n) is 6.54. The van der Waals surface area contributed by atoms with E-state index in [9.17, 15) is 9.90 Å². The van der Waals surface area contributed by atoms with Crippen LogP contribution in [0.2, 0.25) is 0 Å². The zero-order valence-corrected chi connectivity index (χ0v) is 30.5. The van der Waals surface area contributed by atoms with Crippen molar-refractivity contribution in [1.29, 1.82) is 0 Å². The van der Waals surface area contributed by atoms with E-state index in [0.29, 0.717) is 6.54 Å². The zero-order chi connectivity index (χ0) is 35.4. The average molecular weight is 732 g/mol. The Hall–Kier alpha value is -3.46. The van der Waals surface area contributed by atoms with Crippen molar-refractivity contribution in [3.63, 3.8) is 0 Å². The van der Waals surface area contributed by atoms with Gasteiger partial charge in [0.25, 0.3) is 9.70 Å². The van der Waals surface area contributed by atoms with Gasteiger partial charge in [0, 0.05) is 30.6 Å². The Balaban J connectivity index is 1.24. The molecule has 0 spiro atoms. The van der Waals surface area contributed by atoms with Crippen LogP contribution >= 0.6 is 34.8 Å². The van der Waals surface area contributed by atoms with E-state index < -0.39 is 16.0 Å². The topological polar surface area (TPSA) is 71.0 Å². The number of fused-ring (bicyclic) bond motifs is 1. The number of rotatable bonds is 10. The Kier molecular flexibility index (Phi) is 11.5. The van der Waals surface area contributed by atoms with Gasteiger partial charge in [0.1, 0.15) is 0 Å². The molecule has 50 heavy (non-hydrogen) atoms. The van der Waals surface area contributed by atoms with Gasteiger partial charge in [-0.25, -0.2) is 0 Å². The quantitative estimate of drug-likeness (QED) is 0.140. The third-order valence-corrected chi connectivity index (χ3v) is 10.2. The smallest absolute Gasteiger partial charge is 0.272 e. The van der Waals surface area contributed by atoms with Crippen LogP contribution in [-0.2, 0) is 27.4 Å². The first-order valence-corrected chi connectivity index (χ1v) is 17.9. The number of aliphatic hydroxyl groups excluding tert-OH is 1. The van der Waals surface area contributed by atoms with Crippen molar-refractivity contribution in [1.82, 2.24) is 10.2 Å². The second kappa shape index (κ2) is 15.8. The molecule has 5 unspecified atom stereocenters. The number of carbonyl (C=O) groups excluding carboxylic acids is 1. The highest BCUT2D eigenvalue weighted by Crippen LogP contribution is 2.43. The lowest BCUT2D eigenvalue weighted by atomic mass is 9.89. The molecule has 1 aliphatic rings. The van der Waals surface area contributed by atoms with Gasteiger partial charge in [-0.05, 0) is 64.2 Å². The van der Waals surface area contributed by atoms with Crippen LogP contribution in [0.1, 0.15) is 60.1 Å². The number of hydrogen-bond acceptors (Lipinski definition) is 5. The maximum Gasteiger partial charge on any atom is 0.272 e. The van der Waals surface area contributed by atoms with Crippen LogP contribution in [0.3, 0.4) is 0 Å². The standard InChI is InChI=1S/C41H41Cl3N2O4/c1-26-37(24-46(3)27(2)33-21-16-29-8-4-5-9-34(29)22-33)49-39(50-38(26)31-14-12-28(25-47)13-15-31)32-19-17-30(18-20-32)36-11-7-6-10-35(36)23-45-40(48)41(42,43)44/h4-22,26-27,37-39,47H,23-25H2,1-3H3,(H,45,48). The minimum atomic E-state index is -2.03. The third kappa shape index (κ3) is 8.35. The number of aliphatic hydroxyl groups is 1. The van der Waals surface area contributed by atoms with Crippen molar-refractivity contribution in [3.8, 4) is 11.1 Å². The fraction of sp³-hybridized carbons (Fsp3) is 0.293. The number of benzene rings is 5. The Labute approximate surface area is 308 Å². The van der Waals surface area contributed by atoms with Gasteiger partial charge in [-0.2, -0.15) is 0 Å². The van der Waals surface area contributed by atoms with Crippen molar-refractivity contribution in [2.75, 3.05) is 13.6 Å². The number of halogens is 3. The van der Waals surface area contributed by atoms with Gasteiger partial charge < -0.3 is 19.9 Å². The lowest BCUT2D eigenvalue weighted by molar-refractivity contribution is -0.276. The summed E-state index contributed by atoms with van der Waals surface area (Å²) in [4.78, 5) is 14.5. The van der Waals surface area contributed by atoms with Gasteiger partial charge in [-0.15, -0.1) is 0 Å².